The minimum Gasteiger partial charge on any atom is -0.507 e. The third-order valence-corrected chi connectivity index (χ3v) is 7.27. The number of aromatic hydroxyl groups is 1. The molecule has 0 saturated heterocycles. The van der Waals surface area contributed by atoms with E-state index in [-0.39, 0.29) is 40.7 Å². The number of hydrogen-bond donors (Lipinski definition) is 2. The van der Waals surface area contributed by atoms with E-state index in [0.29, 0.717) is 12.4 Å². The second-order valence-corrected chi connectivity index (χ2v) is 9.64. The van der Waals surface area contributed by atoms with Crippen LogP contribution in [0.1, 0.15) is 42.3 Å². The predicted molar refractivity (Wildman–Crippen MR) is 141 cm³/mol. The van der Waals surface area contributed by atoms with Crippen LogP contribution in [0.25, 0.3) is 10.8 Å². The van der Waals surface area contributed by atoms with Gasteiger partial charge >= 0.3 is 0 Å². The number of carbonyl (C=O) groups is 4. The molecule has 0 fully saturated rings. The average molecular weight is 530 g/mol. The molecule has 1 unspecified atom stereocenters. The number of phenols is 1. The van der Waals surface area contributed by atoms with Crippen LogP contribution in [0.3, 0.4) is 0 Å². The number of ether oxygens (including phenoxy) is 3. The van der Waals surface area contributed by atoms with Gasteiger partial charge in [0.25, 0.3) is 5.91 Å². The first-order valence-electron chi connectivity index (χ1n) is 12.5. The van der Waals surface area contributed by atoms with Crippen LogP contribution in [-0.4, -0.2) is 42.1 Å². The zero-order chi connectivity index (χ0) is 28.1. The summed E-state index contributed by atoms with van der Waals surface area (Å²) in [6.07, 6.45) is 1.09. The topological polar surface area (TPSA) is 128 Å². The van der Waals surface area contributed by atoms with Crippen molar-refractivity contribution in [3.8, 4) is 23.0 Å². The summed E-state index contributed by atoms with van der Waals surface area (Å²) in [5.74, 6) is -3.97. The van der Waals surface area contributed by atoms with Gasteiger partial charge in [0.2, 0.25) is 0 Å². The van der Waals surface area contributed by atoms with E-state index in [1.165, 1.54) is 20.1 Å². The smallest absolute Gasteiger partial charge is 0.259 e. The monoisotopic (exact) mass is 529 g/mol. The number of nitrogens with one attached hydrogen (secondary N) is 1. The van der Waals surface area contributed by atoms with Crippen LogP contribution < -0.4 is 19.5 Å². The quantitative estimate of drug-likeness (QED) is 0.443. The van der Waals surface area contributed by atoms with Crippen molar-refractivity contribution in [2.75, 3.05) is 13.7 Å². The van der Waals surface area contributed by atoms with Crippen molar-refractivity contribution in [3.63, 3.8) is 0 Å². The number of fused-ring (bicyclic) bond motifs is 4. The highest BCUT2D eigenvalue weighted by atomic mass is 16.5. The van der Waals surface area contributed by atoms with Crippen molar-refractivity contribution in [2.24, 2.45) is 5.92 Å². The van der Waals surface area contributed by atoms with Gasteiger partial charge < -0.3 is 24.6 Å². The Kier molecular flexibility index (Phi) is 6.38. The second kappa shape index (κ2) is 9.58. The van der Waals surface area contributed by atoms with Gasteiger partial charge in [0.1, 0.15) is 45.7 Å². The van der Waals surface area contributed by atoms with Crippen molar-refractivity contribution in [1.82, 2.24) is 5.32 Å². The molecule has 1 heterocycles. The Bertz CT molecular complexity index is 1600. The Morgan fingerprint density at radius 1 is 1.15 bits per heavy atom. The molecule has 2 atom stereocenters. The van der Waals surface area contributed by atoms with E-state index >= 15 is 0 Å². The summed E-state index contributed by atoms with van der Waals surface area (Å²) in [5, 5.41) is 15.7. The summed E-state index contributed by atoms with van der Waals surface area (Å²) >= 11 is 0. The zero-order valence-electron chi connectivity index (χ0n) is 21.9. The molecule has 2 N–H and O–H groups in total. The number of allylic oxidation sites excluding steroid dienone is 2. The summed E-state index contributed by atoms with van der Waals surface area (Å²) in [6, 6.07) is 12.7. The SMILES string of the molecule is CCOc1cc(CNC(=O)c2c(OC)cc(O)c3c2OC2=CC(=O)C(C(C)=O)C(=O)[C@]23C)c2ccccc2c1. The Labute approximate surface area is 224 Å². The van der Waals surface area contributed by atoms with Crippen LogP contribution >= 0.6 is 0 Å². The molecule has 200 valence electrons. The molecule has 3 aromatic rings. The van der Waals surface area contributed by atoms with Gasteiger partial charge in [-0.3, -0.25) is 19.2 Å². The van der Waals surface area contributed by atoms with Crippen molar-refractivity contribution in [1.29, 1.82) is 0 Å². The Hall–Kier alpha value is -4.66. The molecule has 2 aliphatic rings. The van der Waals surface area contributed by atoms with Crippen LogP contribution in [0.2, 0.25) is 0 Å². The standard InChI is InChI=1S/C30H27NO8/c1-5-38-18-10-16-8-6-7-9-19(16)17(11-18)14-31-29(36)25-22(37-4)12-21(34)26-27(25)39-23-13-20(33)24(15(2)32)28(35)30(23,26)3/h6-13,24,34H,5,14H2,1-4H3,(H,31,36)/t24?,30-/m1/s1. The van der Waals surface area contributed by atoms with Gasteiger partial charge in [-0.05, 0) is 49.2 Å². The molecule has 39 heavy (non-hydrogen) atoms. The lowest BCUT2D eigenvalue weighted by atomic mass is 9.67. The number of Topliss-reactive ketones (excluding diaryl/α,β-unsaturated/α-hetero) is 2. The van der Waals surface area contributed by atoms with Crippen molar-refractivity contribution < 1.29 is 38.5 Å². The van der Waals surface area contributed by atoms with Crippen LogP contribution in [0.5, 0.6) is 23.0 Å². The summed E-state index contributed by atoms with van der Waals surface area (Å²) in [7, 11) is 1.33. The normalized spacial score (nSPS) is 19.6. The average Bonchev–Trinajstić information content (AvgIpc) is 3.20. The van der Waals surface area contributed by atoms with Crippen molar-refractivity contribution in [3.05, 3.63) is 71.0 Å². The summed E-state index contributed by atoms with van der Waals surface area (Å²) < 4.78 is 17.0. The maximum atomic E-state index is 13.6. The molecule has 9 heteroatoms. The fourth-order valence-corrected chi connectivity index (χ4v) is 5.37. The lowest BCUT2D eigenvalue weighted by Gasteiger charge is -2.30. The molecule has 1 aliphatic carbocycles. The Balaban J connectivity index is 1.57. The fraction of sp³-hybridized carbons (Fsp3) is 0.267. The maximum Gasteiger partial charge on any atom is 0.259 e. The highest BCUT2D eigenvalue weighted by Gasteiger charge is 2.58. The maximum absolute atomic E-state index is 13.6. The number of hydrogen-bond acceptors (Lipinski definition) is 8. The molecule has 0 radical (unpaired) electrons. The lowest BCUT2D eigenvalue weighted by molar-refractivity contribution is -0.140. The van der Waals surface area contributed by atoms with Crippen molar-refractivity contribution >= 4 is 34.0 Å². The van der Waals surface area contributed by atoms with E-state index < -0.39 is 34.6 Å². The number of ketones is 3. The van der Waals surface area contributed by atoms with Crippen LogP contribution in [0.4, 0.5) is 0 Å². The van der Waals surface area contributed by atoms with Gasteiger partial charge in [0.15, 0.2) is 17.3 Å². The molecule has 3 aromatic carbocycles. The molecule has 1 amide bonds. The van der Waals surface area contributed by atoms with E-state index in [0.717, 1.165) is 29.3 Å². The first-order chi connectivity index (χ1) is 18.6. The molecular weight excluding hydrogens is 502 g/mol. The third kappa shape index (κ3) is 4.01. The largest absolute Gasteiger partial charge is 0.507 e. The molecule has 9 nitrogen and oxygen atoms in total. The molecular formula is C30H27NO8. The van der Waals surface area contributed by atoms with E-state index in [9.17, 15) is 24.3 Å². The molecule has 0 bridgehead atoms. The highest BCUT2D eigenvalue weighted by Crippen LogP contribution is 2.56. The zero-order valence-corrected chi connectivity index (χ0v) is 21.9. The predicted octanol–water partition coefficient (Wildman–Crippen LogP) is 3.77. The molecule has 0 spiro atoms. The van der Waals surface area contributed by atoms with E-state index in [1.54, 1.807) is 0 Å². The second-order valence-electron chi connectivity index (χ2n) is 9.64. The first kappa shape index (κ1) is 26.0. The van der Waals surface area contributed by atoms with E-state index in [2.05, 4.69) is 5.32 Å². The molecule has 0 aromatic heterocycles. The number of amides is 1. The number of phenolic OH excluding ortho intramolecular Hbond substituents is 1. The summed E-state index contributed by atoms with van der Waals surface area (Å²) in [5.41, 5.74) is -0.861. The van der Waals surface area contributed by atoms with Crippen LogP contribution in [0, 0.1) is 5.92 Å². The van der Waals surface area contributed by atoms with Crippen molar-refractivity contribution in [2.45, 2.75) is 32.7 Å². The molecule has 0 saturated carbocycles. The summed E-state index contributed by atoms with van der Waals surface area (Å²) in [4.78, 5) is 51.8. The van der Waals surface area contributed by atoms with Crippen LogP contribution in [0.15, 0.2) is 54.3 Å². The number of carbonyl (C=O) groups excluding carboxylic acids is 4. The Morgan fingerprint density at radius 3 is 2.59 bits per heavy atom. The van der Waals surface area contributed by atoms with Crippen LogP contribution in [-0.2, 0) is 26.3 Å². The minimum absolute atomic E-state index is 0.00671. The third-order valence-electron chi connectivity index (χ3n) is 7.27. The highest BCUT2D eigenvalue weighted by molar-refractivity contribution is 6.27. The van der Waals surface area contributed by atoms with Gasteiger partial charge in [-0.25, -0.2) is 0 Å². The molecule has 1 aliphatic heterocycles. The van der Waals surface area contributed by atoms with Gasteiger partial charge in [-0.2, -0.15) is 0 Å². The van der Waals surface area contributed by atoms with E-state index in [4.69, 9.17) is 14.2 Å². The number of rotatable bonds is 7. The number of methoxy groups -OCH3 is 1. The summed E-state index contributed by atoms with van der Waals surface area (Å²) in [6.45, 7) is 5.13. The first-order valence-corrected chi connectivity index (χ1v) is 12.5. The number of benzene rings is 3. The Morgan fingerprint density at radius 2 is 1.90 bits per heavy atom. The van der Waals surface area contributed by atoms with E-state index in [1.807, 2.05) is 43.3 Å². The fourth-order valence-electron chi connectivity index (χ4n) is 5.37. The van der Waals surface area contributed by atoms with Gasteiger partial charge in [-0.1, -0.05) is 24.3 Å². The minimum atomic E-state index is -1.63. The van der Waals surface area contributed by atoms with Gasteiger partial charge in [-0.15, -0.1) is 0 Å². The molecule has 5 rings (SSSR count). The van der Waals surface area contributed by atoms with Gasteiger partial charge in [0, 0.05) is 18.7 Å². The van der Waals surface area contributed by atoms with Gasteiger partial charge in [0.05, 0.1) is 19.3 Å². The lowest BCUT2D eigenvalue weighted by Crippen LogP contribution is -2.47.